The number of hydrogen-bond donors (Lipinski definition) is 1. The van der Waals surface area contributed by atoms with E-state index in [-0.39, 0.29) is 0 Å². The van der Waals surface area contributed by atoms with Crippen LogP contribution < -0.4 is 10.6 Å². The van der Waals surface area contributed by atoms with Gasteiger partial charge in [-0.3, -0.25) is 0 Å². The summed E-state index contributed by atoms with van der Waals surface area (Å²) < 4.78 is 23.7. The van der Waals surface area contributed by atoms with E-state index < -0.39 is 15.2 Å². The summed E-state index contributed by atoms with van der Waals surface area (Å²) in [5, 5.41) is 8.17. The number of nitrogen functional groups attached to an aromatic ring is 1. The second-order valence-electron chi connectivity index (χ2n) is 4.30. The van der Waals surface area contributed by atoms with Crippen molar-refractivity contribution < 1.29 is 8.42 Å². The highest BCUT2D eigenvalue weighted by Gasteiger charge is 2.32. The monoisotopic (exact) mass is 298 g/mol. The second-order valence-corrected chi connectivity index (χ2v) is 7.65. The first-order valence-corrected chi connectivity index (χ1v) is 8.73. The molecule has 1 saturated heterocycles. The van der Waals surface area contributed by atoms with Gasteiger partial charge in [0.25, 0.3) is 0 Å². The fraction of sp³-hybridized carbons (Fsp3) is 0.455. The summed E-state index contributed by atoms with van der Waals surface area (Å²) in [7, 11) is -3.21. The minimum Gasteiger partial charge on any atom is -0.396 e. The van der Waals surface area contributed by atoms with Crippen LogP contribution in [-0.4, -0.2) is 43.1 Å². The van der Waals surface area contributed by atoms with Crippen molar-refractivity contribution in [1.82, 2.24) is 4.98 Å². The number of sulfone groups is 1. The molecule has 19 heavy (non-hydrogen) atoms. The summed E-state index contributed by atoms with van der Waals surface area (Å²) in [5.41, 5.74) is 6.57. The van der Waals surface area contributed by atoms with Crippen LogP contribution in [0.3, 0.4) is 0 Å². The van der Waals surface area contributed by atoms with Gasteiger partial charge in [0.2, 0.25) is 0 Å². The molecule has 2 N–H and O–H groups in total. The maximum absolute atomic E-state index is 11.8. The summed E-state index contributed by atoms with van der Waals surface area (Å²) in [6.07, 6.45) is 2.63. The van der Waals surface area contributed by atoms with Gasteiger partial charge in [-0.15, -0.1) is 0 Å². The topological polar surface area (TPSA) is 100 Å². The summed E-state index contributed by atoms with van der Waals surface area (Å²) in [5.74, 6) is 1.77. The summed E-state index contributed by atoms with van der Waals surface area (Å²) >= 11 is 1.60. The second kappa shape index (κ2) is 5.27. The molecule has 1 aliphatic heterocycles. The molecule has 1 unspecified atom stereocenters. The van der Waals surface area contributed by atoms with Crippen LogP contribution in [0.2, 0.25) is 0 Å². The van der Waals surface area contributed by atoms with Crippen molar-refractivity contribution in [2.24, 2.45) is 0 Å². The van der Waals surface area contributed by atoms with Gasteiger partial charge >= 0.3 is 0 Å². The lowest BCUT2D eigenvalue weighted by atomic mass is 10.2. The van der Waals surface area contributed by atoms with Crippen LogP contribution in [0.4, 0.5) is 11.5 Å². The van der Waals surface area contributed by atoms with Crippen LogP contribution >= 0.6 is 11.8 Å². The van der Waals surface area contributed by atoms with Crippen molar-refractivity contribution in [3.05, 3.63) is 17.8 Å². The van der Waals surface area contributed by atoms with Gasteiger partial charge in [0.1, 0.15) is 11.4 Å². The van der Waals surface area contributed by atoms with Crippen LogP contribution in [0.5, 0.6) is 0 Å². The highest BCUT2D eigenvalue weighted by Crippen LogP contribution is 2.29. The molecule has 1 fully saturated rings. The Morgan fingerprint density at radius 2 is 2.37 bits per heavy atom. The van der Waals surface area contributed by atoms with E-state index >= 15 is 0 Å². The Kier molecular flexibility index (Phi) is 3.87. The number of nitrogens with zero attached hydrogens (tertiary/aromatic N) is 3. The maximum atomic E-state index is 11.8. The van der Waals surface area contributed by atoms with Crippen LogP contribution in [0.15, 0.2) is 12.3 Å². The van der Waals surface area contributed by atoms with Gasteiger partial charge in [0, 0.05) is 30.5 Å². The van der Waals surface area contributed by atoms with Gasteiger partial charge in [-0.1, -0.05) is 0 Å². The normalized spacial score (nSPS) is 20.0. The van der Waals surface area contributed by atoms with Crippen LogP contribution in [0, 0.1) is 11.3 Å². The smallest absolute Gasteiger partial charge is 0.169 e. The van der Waals surface area contributed by atoms with Gasteiger partial charge in [-0.2, -0.15) is 17.0 Å². The fourth-order valence-electron chi connectivity index (χ4n) is 1.95. The minimum atomic E-state index is -3.21. The molecule has 1 atom stereocenters. The Balaban J connectivity index is 2.41. The average Bonchev–Trinajstić information content (AvgIpc) is 2.37. The average molecular weight is 298 g/mol. The van der Waals surface area contributed by atoms with Crippen LogP contribution in [0.1, 0.15) is 5.56 Å². The number of pyridine rings is 1. The zero-order chi connectivity index (χ0) is 14.0. The van der Waals surface area contributed by atoms with Crippen molar-refractivity contribution in [2.75, 3.05) is 34.9 Å². The van der Waals surface area contributed by atoms with Gasteiger partial charge in [0.05, 0.1) is 11.3 Å². The lowest BCUT2D eigenvalue weighted by Crippen LogP contribution is -2.47. The van der Waals surface area contributed by atoms with E-state index in [1.165, 1.54) is 18.5 Å². The Morgan fingerprint density at radius 1 is 1.63 bits per heavy atom. The van der Waals surface area contributed by atoms with Crippen LogP contribution in [0.25, 0.3) is 0 Å². The van der Waals surface area contributed by atoms with Gasteiger partial charge in [0.15, 0.2) is 15.7 Å². The molecule has 0 amide bonds. The third-order valence-corrected chi connectivity index (χ3v) is 5.52. The minimum absolute atomic E-state index is 0.333. The molecule has 0 spiro atoms. The summed E-state index contributed by atoms with van der Waals surface area (Å²) in [6.45, 7) is 0.575. The molecule has 1 aliphatic rings. The fourth-order valence-corrected chi connectivity index (χ4v) is 4.77. The maximum Gasteiger partial charge on any atom is 0.169 e. The van der Waals surface area contributed by atoms with Gasteiger partial charge in [-0.25, -0.2) is 13.4 Å². The highest BCUT2D eigenvalue weighted by atomic mass is 32.2. The predicted octanol–water partition coefficient (Wildman–Crippen LogP) is 0.459. The summed E-state index contributed by atoms with van der Waals surface area (Å²) in [6, 6.07) is 3.47. The lowest BCUT2D eigenvalue weighted by Gasteiger charge is -2.35. The molecule has 0 aromatic carbocycles. The molecule has 6 nitrogen and oxygen atoms in total. The molecule has 1 aromatic heterocycles. The van der Waals surface area contributed by atoms with Crippen molar-refractivity contribution in [1.29, 1.82) is 5.26 Å². The number of hydrogen-bond acceptors (Lipinski definition) is 7. The highest BCUT2D eigenvalue weighted by molar-refractivity contribution is 8.01. The molecule has 0 radical (unpaired) electrons. The number of rotatable bonds is 2. The Labute approximate surface area is 116 Å². The third-order valence-electron chi connectivity index (χ3n) is 2.88. The molecule has 0 bridgehead atoms. The first kappa shape index (κ1) is 14.0. The molecule has 8 heteroatoms. The number of nitriles is 1. The van der Waals surface area contributed by atoms with E-state index in [1.54, 1.807) is 16.7 Å². The van der Waals surface area contributed by atoms with Crippen molar-refractivity contribution >= 4 is 33.1 Å². The zero-order valence-electron chi connectivity index (χ0n) is 10.4. The SMILES string of the molecule is CS(=O)(=O)C1CSCCN1c1ncc(C#N)cc1N. The molecule has 0 saturated carbocycles. The molecular formula is C11H14N4O2S2. The quantitative estimate of drug-likeness (QED) is 0.846. The Morgan fingerprint density at radius 3 is 2.95 bits per heavy atom. The third kappa shape index (κ3) is 2.93. The molecular weight excluding hydrogens is 284 g/mol. The van der Waals surface area contributed by atoms with Crippen molar-refractivity contribution in [2.45, 2.75) is 5.37 Å². The first-order valence-electron chi connectivity index (χ1n) is 5.62. The molecule has 1 aromatic rings. The van der Waals surface area contributed by atoms with Gasteiger partial charge in [-0.05, 0) is 6.07 Å². The summed E-state index contributed by atoms with van der Waals surface area (Å²) in [4.78, 5) is 5.85. The van der Waals surface area contributed by atoms with E-state index in [9.17, 15) is 8.42 Å². The number of nitrogens with two attached hydrogens (primary N) is 1. The van der Waals surface area contributed by atoms with E-state index in [1.807, 2.05) is 6.07 Å². The molecule has 2 rings (SSSR count). The predicted molar refractivity (Wildman–Crippen MR) is 76.7 cm³/mol. The molecule has 102 valence electrons. The number of thioether (sulfide) groups is 1. The lowest BCUT2D eigenvalue weighted by molar-refractivity contribution is 0.584. The Hall–Kier alpha value is -1.46. The van der Waals surface area contributed by atoms with Crippen molar-refractivity contribution in [3.63, 3.8) is 0 Å². The number of anilines is 2. The van der Waals surface area contributed by atoms with E-state index in [0.717, 1.165) is 5.75 Å². The Bertz CT molecular complexity index is 624. The van der Waals surface area contributed by atoms with E-state index in [4.69, 9.17) is 11.0 Å². The molecule has 2 heterocycles. The standard InChI is InChI=1S/C11H14N4O2S2/c1-19(16,17)10-7-18-3-2-15(10)11-9(13)4-8(5-12)6-14-11/h4,6,10H,2-3,7,13H2,1H3. The number of aromatic nitrogens is 1. The first-order chi connectivity index (χ1) is 8.93. The molecule has 0 aliphatic carbocycles. The van der Waals surface area contributed by atoms with E-state index in [2.05, 4.69) is 4.98 Å². The van der Waals surface area contributed by atoms with Crippen LogP contribution in [-0.2, 0) is 9.84 Å². The van der Waals surface area contributed by atoms with Crippen molar-refractivity contribution in [3.8, 4) is 6.07 Å². The van der Waals surface area contributed by atoms with Gasteiger partial charge < -0.3 is 10.6 Å². The zero-order valence-corrected chi connectivity index (χ0v) is 12.0. The largest absolute Gasteiger partial charge is 0.396 e. The van der Waals surface area contributed by atoms with E-state index in [0.29, 0.717) is 29.4 Å².